The van der Waals surface area contributed by atoms with Crippen molar-refractivity contribution in [3.8, 4) is 6.07 Å². The molecule has 0 heterocycles. The first-order chi connectivity index (χ1) is 12.2. The lowest BCUT2D eigenvalue weighted by molar-refractivity contribution is -0.137. The van der Waals surface area contributed by atoms with Crippen LogP contribution in [-0.2, 0) is 11.0 Å². The molecule has 0 bridgehead atoms. The Balaban J connectivity index is 2.15. The summed E-state index contributed by atoms with van der Waals surface area (Å²) in [7, 11) is 0. The van der Waals surface area contributed by atoms with E-state index in [-0.39, 0.29) is 11.3 Å². The van der Waals surface area contributed by atoms with E-state index in [9.17, 15) is 18.0 Å². The van der Waals surface area contributed by atoms with Crippen LogP contribution in [-0.4, -0.2) is 5.91 Å². The minimum atomic E-state index is -4.53. The smallest absolute Gasteiger partial charge is 0.360 e. The van der Waals surface area contributed by atoms with Crippen LogP contribution in [0.3, 0.4) is 0 Å². The molecule has 1 amide bonds. The van der Waals surface area contributed by atoms with Gasteiger partial charge in [-0.1, -0.05) is 17.7 Å². The molecule has 0 spiro atoms. The molecule has 0 atom stereocenters. The number of carbonyl (C=O) groups is 1. The number of aryl methyl sites for hydroxylation is 1. The normalized spacial score (nSPS) is 11.6. The van der Waals surface area contributed by atoms with Gasteiger partial charge in [0.25, 0.3) is 5.91 Å². The maximum absolute atomic E-state index is 12.7. The number of hydrogen-bond donors (Lipinski definition) is 2. The molecular formula is C18H13ClF3N3O. The van der Waals surface area contributed by atoms with Crippen LogP contribution in [0.15, 0.2) is 54.2 Å². The molecule has 0 fully saturated rings. The fourth-order valence-electron chi connectivity index (χ4n) is 2.06. The Labute approximate surface area is 152 Å². The zero-order valence-electron chi connectivity index (χ0n) is 13.5. The lowest BCUT2D eigenvalue weighted by Gasteiger charge is -2.10. The predicted molar refractivity (Wildman–Crippen MR) is 93.6 cm³/mol. The summed E-state index contributed by atoms with van der Waals surface area (Å²) < 4.78 is 38.1. The van der Waals surface area contributed by atoms with E-state index in [4.69, 9.17) is 16.9 Å². The van der Waals surface area contributed by atoms with Crippen molar-refractivity contribution in [3.63, 3.8) is 0 Å². The molecule has 2 aromatic carbocycles. The molecule has 26 heavy (non-hydrogen) atoms. The number of hydrogen-bond acceptors (Lipinski definition) is 3. The van der Waals surface area contributed by atoms with Gasteiger partial charge in [-0.05, 0) is 48.9 Å². The molecule has 0 aliphatic carbocycles. The van der Waals surface area contributed by atoms with Gasteiger partial charge in [0.05, 0.1) is 5.56 Å². The summed E-state index contributed by atoms with van der Waals surface area (Å²) >= 11 is 5.85. The molecule has 8 heteroatoms. The second-order valence-corrected chi connectivity index (χ2v) is 5.74. The Hall–Kier alpha value is -2.98. The highest BCUT2D eigenvalue weighted by molar-refractivity contribution is 6.30. The van der Waals surface area contributed by atoms with Gasteiger partial charge >= 0.3 is 6.18 Å². The van der Waals surface area contributed by atoms with E-state index in [2.05, 4.69) is 10.6 Å². The molecule has 0 aliphatic heterocycles. The summed E-state index contributed by atoms with van der Waals surface area (Å²) in [5.74, 6) is -0.828. The molecule has 0 aliphatic rings. The molecule has 0 radical (unpaired) electrons. The number of benzene rings is 2. The Morgan fingerprint density at radius 2 is 1.96 bits per heavy atom. The van der Waals surface area contributed by atoms with Gasteiger partial charge in [-0.3, -0.25) is 4.79 Å². The Morgan fingerprint density at radius 1 is 1.23 bits per heavy atom. The lowest BCUT2D eigenvalue weighted by Crippen LogP contribution is -2.15. The molecule has 0 unspecified atom stereocenters. The molecule has 4 nitrogen and oxygen atoms in total. The SMILES string of the molecule is Cc1cc(Cl)ccc1N/C=C(/C#N)C(=O)Nc1cccc(C(F)(F)F)c1. The van der Waals surface area contributed by atoms with Crippen LogP contribution in [0.1, 0.15) is 11.1 Å². The van der Waals surface area contributed by atoms with Crippen LogP contribution in [0.25, 0.3) is 0 Å². The number of amides is 1. The largest absolute Gasteiger partial charge is 0.416 e. The highest BCUT2D eigenvalue weighted by atomic mass is 35.5. The standard InChI is InChI=1S/C18H13ClF3N3O/c1-11-7-14(19)5-6-16(11)24-10-12(9-23)17(26)25-15-4-2-3-13(8-15)18(20,21)22/h2-8,10,24H,1H3,(H,25,26)/b12-10-. The number of rotatable bonds is 4. The Bertz CT molecular complexity index is 901. The van der Waals surface area contributed by atoms with Crippen LogP contribution >= 0.6 is 11.6 Å². The van der Waals surface area contributed by atoms with Gasteiger partial charge in [-0.25, -0.2) is 0 Å². The number of nitrogens with zero attached hydrogens (tertiary/aromatic N) is 1. The molecule has 134 valence electrons. The molecule has 2 aromatic rings. The van der Waals surface area contributed by atoms with Gasteiger partial charge in [-0.2, -0.15) is 18.4 Å². The fourth-order valence-corrected chi connectivity index (χ4v) is 2.29. The number of alkyl halides is 3. The Kier molecular flexibility index (Phi) is 5.90. The molecule has 0 saturated heterocycles. The van der Waals surface area contributed by atoms with E-state index >= 15 is 0 Å². The molecule has 0 aromatic heterocycles. The number of anilines is 2. The van der Waals surface area contributed by atoms with Crippen molar-refractivity contribution in [2.75, 3.05) is 10.6 Å². The second kappa shape index (κ2) is 7.93. The van der Waals surface area contributed by atoms with E-state index in [0.717, 1.165) is 17.7 Å². The second-order valence-electron chi connectivity index (χ2n) is 5.31. The highest BCUT2D eigenvalue weighted by Gasteiger charge is 2.30. The average molecular weight is 380 g/mol. The predicted octanol–water partition coefficient (Wildman–Crippen LogP) is 5.13. The van der Waals surface area contributed by atoms with Gasteiger partial charge in [0, 0.05) is 22.6 Å². The van der Waals surface area contributed by atoms with Crippen molar-refractivity contribution in [3.05, 3.63) is 70.4 Å². The average Bonchev–Trinajstić information content (AvgIpc) is 2.56. The summed E-state index contributed by atoms with van der Waals surface area (Å²) in [6.45, 7) is 1.79. The van der Waals surface area contributed by atoms with Crippen LogP contribution in [0.5, 0.6) is 0 Å². The summed E-state index contributed by atoms with van der Waals surface area (Å²) in [4.78, 5) is 12.1. The van der Waals surface area contributed by atoms with Crippen molar-refractivity contribution in [1.82, 2.24) is 0 Å². The minimum absolute atomic E-state index is 0.0614. The number of nitriles is 1. The van der Waals surface area contributed by atoms with Gasteiger partial charge in [0.15, 0.2) is 0 Å². The number of nitrogens with one attached hydrogen (secondary N) is 2. The quantitative estimate of drug-likeness (QED) is 0.572. The van der Waals surface area contributed by atoms with E-state index in [1.807, 2.05) is 0 Å². The maximum atomic E-state index is 12.7. The van der Waals surface area contributed by atoms with E-state index in [1.165, 1.54) is 18.3 Å². The first-order valence-corrected chi connectivity index (χ1v) is 7.70. The third kappa shape index (κ3) is 5.01. The molecule has 2 N–H and O–H groups in total. The first kappa shape index (κ1) is 19.3. The van der Waals surface area contributed by atoms with Gasteiger partial charge in [-0.15, -0.1) is 0 Å². The van der Waals surface area contributed by atoms with Gasteiger partial charge < -0.3 is 10.6 Å². The van der Waals surface area contributed by atoms with Crippen molar-refractivity contribution in [2.24, 2.45) is 0 Å². The molecular weight excluding hydrogens is 367 g/mol. The summed E-state index contributed by atoms with van der Waals surface area (Å²) in [6.07, 6.45) is -3.35. The van der Waals surface area contributed by atoms with Crippen molar-refractivity contribution >= 4 is 28.9 Å². The zero-order valence-corrected chi connectivity index (χ0v) is 14.2. The third-order valence-electron chi connectivity index (χ3n) is 3.37. The van der Waals surface area contributed by atoms with E-state index in [1.54, 1.807) is 31.2 Å². The number of carbonyl (C=O) groups excluding carboxylic acids is 1. The number of halogens is 4. The van der Waals surface area contributed by atoms with Crippen LogP contribution in [0.4, 0.5) is 24.5 Å². The topological polar surface area (TPSA) is 64.9 Å². The minimum Gasteiger partial charge on any atom is -0.360 e. The third-order valence-corrected chi connectivity index (χ3v) is 3.61. The summed E-state index contributed by atoms with van der Waals surface area (Å²) in [5, 5.41) is 14.8. The van der Waals surface area contributed by atoms with Crippen molar-refractivity contribution < 1.29 is 18.0 Å². The Morgan fingerprint density at radius 3 is 2.58 bits per heavy atom. The molecule has 0 saturated carbocycles. The highest BCUT2D eigenvalue weighted by Crippen LogP contribution is 2.30. The van der Waals surface area contributed by atoms with Gasteiger partial charge in [0.2, 0.25) is 0 Å². The summed E-state index contributed by atoms with van der Waals surface area (Å²) in [6, 6.07) is 10.9. The maximum Gasteiger partial charge on any atom is 0.416 e. The van der Waals surface area contributed by atoms with E-state index in [0.29, 0.717) is 10.7 Å². The lowest BCUT2D eigenvalue weighted by atomic mass is 10.2. The summed E-state index contributed by atoms with van der Waals surface area (Å²) in [5.41, 5.74) is 0.177. The zero-order chi connectivity index (χ0) is 19.3. The van der Waals surface area contributed by atoms with Crippen molar-refractivity contribution in [1.29, 1.82) is 5.26 Å². The van der Waals surface area contributed by atoms with Gasteiger partial charge in [0.1, 0.15) is 11.6 Å². The molecule has 2 rings (SSSR count). The van der Waals surface area contributed by atoms with Crippen molar-refractivity contribution in [2.45, 2.75) is 13.1 Å². The fraction of sp³-hybridized carbons (Fsp3) is 0.111. The van der Waals surface area contributed by atoms with Crippen LogP contribution < -0.4 is 10.6 Å². The van der Waals surface area contributed by atoms with E-state index < -0.39 is 17.6 Å². The first-order valence-electron chi connectivity index (χ1n) is 7.32. The van der Waals surface area contributed by atoms with Crippen LogP contribution in [0.2, 0.25) is 5.02 Å². The van der Waals surface area contributed by atoms with Crippen LogP contribution in [0, 0.1) is 18.3 Å². The monoisotopic (exact) mass is 379 g/mol.